The minimum Gasteiger partial charge on any atom is -0.310 e. The zero-order valence-electron chi connectivity index (χ0n) is 12.1. The van der Waals surface area contributed by atoms with Crippen LogP contribution in [0.4, 0.5) is 4.39 Å². The van der Waals surface area contributed by atoms with Gasteiger partial charge < -0.3 is 5.32 Å². The summed E-state index contributed by atoms with van der Waals surface area (Å²) in [7, 11) is 0. The van der Waals surface area contributed by atoms with E-state index in [-0.39, 0.29) is 11.9 Å². The Morgan fingerprint density at radius 2 is 2.05 bits per heavy atom. The predicted molar refractivity (Wildman–Crippen MR) is 90.4 cm³/mol. The van der Waals surface area contributed by atoms with E-state index in [0.717, 1.165) is 11.0 Å². The molecule has 2 aromatic rings. The fraction of sp³-hybridized carbons (Fsp3) is 0.294. The lowest BCUT2D eigenvalue weighted by Crippen LogP contribution is -2.24. The van der Waals surface area contributed by atoms with E-state index in [0.29, 0.717) is 17.0 Å². The van der Waals surface area contributed by atoms with Crippen LogP contribution in [0.1, 0.15) is 29.7 Å². The molecule has 0 saturated heterocycles. The van der Waals surface area contributed by atoms with Gasteiger partial charge in [-0.05, 0) is 60.8 Å². The molecule has 0 aromatic heterocycles. The topological polar surface area (TPSA) is 12.0 Å². The normalized spacial score (nSPS) is 12.4. The van der Waals surface area contributed by atoms with Crippen molar-refractivity contribution in [1.29, 1.82) is 0 Å². The lowest BCUT2D eigenvalue weighted by Gasteiger charge is -2.21. The third-order valence-corrected chi connectivity index (χ3v) is 4.66. The van der Waals surface area contributed by atoms with Gasteiger partial charge in [0.05, 0.1) is 0 Å². The summed E-state index contributed by atoms with van der Waals surface area (Å²) in [6, 6.07) is 10.9. The monoisotopic (exact) mass is 369 g/mol. The average Bonchev–Trinajstić information content (AvgIpc) is 2.45. The van der Waals surface area contributed by atoms with Crippen LogP contribution in [0.5, 0.6) is 0 Å². The van der Waals surface area contributed by atoms with Crippen molar-refractivity contribution in [2.45, 2.75) is 26.3 Å². The molecule has 0 aliphatic rings. The summed E-state index contributed by atoms with van der Waals surface area (Å²) in [5.74, 6) is -0.213. The van der Waals surface area contributed by atoms with Crippen molar-refractivity contribution in [1.82, 2.24) is 5.32 Å². The van der Waals surface area contributed by atoms with Crippen LogP contribution in [0.2, 0.25) is 5.02 Å². The Morgan fingerprint density at radius 1 is 1.29 bits per heavy atom. The first-order chi connectivity index (χ1) is 10.0. The largest absolute Gasteiger partial charge is 0.310 e. The smallest absolute Gasteiger partial charge is 0.126 e. The van der Waals surface area contributed by atoms with E-state index in [4.69, 9.17) is 11.6 Å². The molecule has 0 radical (unpaired) electrons. The average molecular weight is 371 g/mol. The maximum Gasteiger partial charge on any atom is 0.126 e. The van der Waals surface area contributed by atoms with E-state index in [1.165, 1.54) is 17.2 Å². The van der Waals surface area contributed by atoms with Crippen LogP contribution in [0, 0.1) is 12.7 Å². The Morgan fingerprint density at radius 3 is 2.76 bits per heavy atom. The van der Waals surface area contributed by atoms with Crippen molar-refractivity contribution in [3.63, 3.8) is 0 Å². The van der Waals surface area contributed by atoms with Gasteiger partial charge in [-0.25, -0.2) is 4.39 Å². The van der Waals surface area contributed by atoms with Gasteiger partial charge >= 0.3 is 0 Å². The molecule has 0 fully saturated rings. The minimum atomic E-state index is -0.213. The molecule has 0 spiro atoms. The molecule has 4 heteroatoms. The first-order valence-electron chi connectivity index (χ1n) is 6.95. The summed E-state index contributed by atoms with van der Waals surface area (Å²) in [6.07, 6.45) is 0.567. The Kier molecular flexibility index (Phi) is 5.80. The number of hydrogen-bond donors (Lipinski definition) is 1. The number of hydrogen-bond acceptors (Lipinski definition) is 1. The molecular formula is C17H18BrClFN. The molecule has 2 rings (SSSR count). The maximum absolute atomic E-state index is 14.0. The lowest BCUT2D eigenvalue weighted by atomic mass is 9.95. The van der Waals surface area contributed by atoms with Crippen molar-refractivity contribution in [2.24, 2.45) is 0 Å². The summed E-state index contributed by atoms with van der Waals surface area (Å²) in [4.78, 5) is 0. The summed E-state index contributed by atoms with van der Waals surface area (Å²) < 4.78 is 15.0. The highest BCUT2D eigenvalue weighted by Gasteiger charge is 2.16. The zero-order chi connectivity index (χ0) is 15.4. The Hall–Kier alpha value is -0.900. The van der Waals surface area contributed by atoms with E-state index in [1.54, 1.807) is 12.1 Å². The molecule has 0 aliphatic carbocycles. The standard InChI is InChI=1S/C17H18BrClFN/c1-3-21-17(14-5-4-6-15(18)11(14)2)10-12-9-13(19)7-8-16(12)20/h4-9,17,21H,3,10H2,1-2H3. The minimum absolute atomic E-state index is 0.0560. The second kappa shape index (κ2) is 7.39. The first kappa shape index (κ1) is 16.5. The molecule has 21 heavy (non-hydrogen) atoms. The molecule has 1 N–H and O–H groups in total. The quantitative estimate of drug-likeness (QED) is 0.738. The van der Waals surface area contributed by atoms with E-state index in [1.807, 2.05) is 12.1 Å². The van der Waals surface area contributed by atoms with Gasteiger partial charge in [-0.15, -0.1) is 0 Å². The number of nitrogens with one attached hydrogen (secondary N) is 1. The van der Waals surface area contributed by atoms with Crippen LogP contribution in [0.25, 0.3) is 0 Å². The van der Waals surface area contributed by atoms with Gasteiger partial charge in [0.1, 0.15) is 5.82 Å². The molecule has 0 amide bonds. The number of likely N-dealkylation sites (N-methyl/N-ethyl adjacent to an activating group) is 1. The zero-order valence-corrected chi connectivity index (χ0v) is 14.4. The van der Waals surface area contributed by atoms with Crippen LogP contribution in [-0.4, -0.2) is 6.54 Å². The van der Waals surface area contributed by atoms with E-state index >= 15 is 0 Å². The Bertz CT molecular complexity index is 630. The molecule has 1 atom stereocenters. The van der Waals surface area contributed by atoms with Crippen molar-refractivity contribution < 1.29 is 4.39 Å². The van der Waals surface area contributed by atoms with Crippen molar-refractivity contribution >= 4 is 27.5 Å². The van der Waals surface area contributed by atoms with E-state index in [2.05, 4.69) is 41.2 Å². The summed E-state index contributed by atoms with van der Waals surface area (Å²) in [5.41, 5.74) is 2.98. The van der Waals surface area contributed by atoms with Gasteiger partial charge in [0, 0.05) is 15.5 Å². The molecule has 1 nitrogen and oxygen atoms in total. The highest BCUT2D eigenvalue weighted by molar-refractivity contribution is 9.10. The van der Waals surface area contributed by atoms with Crippen LogP contribution < -0.4 is 5.32 Å². The fourth-order valence-electron chi connectivity index (χ4n) is 2.46. The van der Waals surface area contributed by atoms with Gasteiger partial charge in [-0.2, -0.15) is 0 Å². The second-order valence-electron chi connectivity index (χ2n) is 5.00. The highest BCUT2D eigenvalue weighted by Crippen LogP contribution is 2.28. The van der Waals surface area contributed by atoms with Gasteiger partial charge in [-0.3, -0.25) is 0 Å². The highest BCUT2D eigenvalue weighted by atomic mass is 79.9. The first-order valence-corrected chi connectivity index (χ1v) is 8.12. The van der Waals surface area contributed by atoms with E-state index in [9.17, 15) is 4.39 Å². The number of rotatable bonds is 5. The van der Waals surface area contributed by atoms with E-state index < -0.39 is 0 Å². The summed E-state index contributed by atoms with van der Waals surface area (Å²) in [5, 5.41) is 3.99. The van der Waals surface area contributed by atoms with Crippen LogP contribution in [0.15, 0.2) is 40.9 Å². The van der Waals surface area contributed by atoms with Crippen molar-refractivity contribution in [2.75, 3.05) is 6.54 Å². The van der Waals surface area contributed by atoms with Gasteiger partial charge in [0.2, 0.25) is 0 Å². The van der Waals surface area contributed by atoms with Gasteiger partial charge in [0.25, 0.3) is 0 Å². The third kappa shape index (κ3) is 4.06. The molecule has 0 aliphatic heterocycles. The van der Waals surface area contributed by atoms with Crippen LogP contribution in [0.3, 0.4) is 0 Å². The second-order valence-corrected chi connectivity index (χ2v) is 6.29. The molecule has 0 heterocycles. The van der Waals surface area contributed by atoms with Crippen molar-refractivity contribution in [3.8, 4) is 0 Å². The Labute approximate surface area is 138 Å². The predicted octanol–water partition coefficient (Wildman–Crippen LogP) is 5.44. The van der Waals surface area contributed by atoms with Gasteiger partial charge in [0.15, 0.2) is 0 Å². The third-order valence-electron chi connectivity index (χ3n) is 3.57. The summed E-state index contributed by atoms with van der Waals surface area (Å²) in [6.45, 7) is 4.94. The van der Waals surface area contributed by atoms with Crippen LogP contribution in [-0.2, 0) is 6.42 Å². The number of benzene rings is 2. The molecule has 0 saturated carbocycles. The number of halogens is 3. The summed E-state index contributed by atoms with van der Waals surface area (Å²) >= 11 is 9.54. The maximum atomic E-state index is 14.0. The molecule has 2 aromatic carbocycles. The fourth-order valence-corrected chi connectivity index (χ4v) is 3.04. The molecule has 1 unspecified atom stereocenters. The lowest BCUT2D eigenvalue weighted by molar-refractivity contribution is 0.526. The molecular weight excluding hydrogens is 353 g/mol. The van der Waals surface area contributed by atoms with Crippen molar-refractivity contribution in [3.05, 3.63) is 68.4 Å². The molecule has 0 bridgehead atoms. The van der Waals surface area contributed by atoms with Gasteiger partial charge in [-0.1, -0.05) is 46.6 Å². The van der Waals surface area contributed by atoms with Crippen LogP contribution >= 0.6 is 27.5 Å². The SMILES string of the molecule is CCNC(Cc1cc(Cl)ccc1F)c1cccc(Br)c1C. The molecule has 112 valence electrons. The Balaban J connectivity index is 2.35.